The van der Waals surface area contributed by atoms with Crippen LogP contribution < -0.4 is 0 Å². The van der Waals surface area contributed by atoms with Gasteiger partial charge in [0.05, 0.1) is 0 Å². The van der Waals surface area contributed by atoms with Gasteiger partial charge in [-0.25, -0.2) is 0 Å². The summed E-state index contributed by atoms with van der Waals surface area (Å²) >= 11 is 1.91. The lowest BCUT2D eigenvalue weighted by atomic mass is 9.76. The average Bonchev–Trinajstić information content (AvgIpc) is 3.32. The van der Waals surface area contributed by atoms with E-state index < -0.39 is 0 Å². The summed E-state index contributed by atoms with van der Waals surface area (Å²) in [4.78, 5) is 16.9. The molecule has 0 bridgehead atoms. The van der Waals surface area contributed by atoms with Gasteiger partial charge in [0.1, 0.15) is 5.54 Å². The largest absolute Gasteiger partial charge is 0.297 e. The van der Waals surface area contributed by atoms with E-state index in [9.17, 15) is 4.79 Å². The van der Waals surface area contributed by atoms with Gasteiger partial charge in [0.2, 0.25) is 0 Å². The Kier molecular flexibility index (Phi) is 4.66. The van der Waals surface area contributed by atoms with Crippen LogP contribution in [-0.4, -0.2) is 22.8 Å². The predicted molar refractivity (Wildman–Crippen MR) is 101 cm³/mol. The third kappa shape index (κ3) is 2.70. The lowest BCUT2D eigenvalue weighted by Gasteiger charge is -2.41. The van der Waals surface area contributed by atoms with Crippen molar-refractivity contribution in [3.8, 4) is 0 Å². The molecule has 4 rings (SSSR count). The first-order valence-electron chi connectivity index (χ1n) is 9.79. The van der Waals surface area contributed by atoms with Crippen LogP contribution in [0.2, 0.25) is 0 Å². The number of thiophene rings is 1. The molecule has 1 spiro atoms. The Balaban J connectivity index is 1.56. The quantitative estimate of drug-likeness (QED) is 0.679. The van der Waals surface area contributed by atoms with Gasteiger partial charge in [-0.3, -0.25) is 9.69 Å². The van der Waals surface area contributed by atoms with Crippen molar-refractivity contribution >= 4 is 17.1 Å². The first kappa shape index (κ1) is 16.5. The zero-order valence-corrected chi connectivity index (χ0v) is 15.7. The van der Waals surface area contributed by atoms with Gasteiger partial charge < -0.3 is 0 Å². The van der Waals surface area contributed by atoms with Crippen LogP contribution in [-0.2, 0) is 11.3 Å². The molecule has 1 aliphatic heterocycles. The Hall–Kier alpha value is -0.930. The SMILES string of the molecule is CCC1=CCCC(=O)C12CCCN2Cc1cc(C2CCCC2)cs1. The van der Waals surface area contributed by atoms with Gasteiger partial charge in [-0.1, -0.05) is 25.8 Å². The monoisotopic (exact) mass is 343 g/mol. The van der Waals surface area contributed by atoms with Crippen molar-refractivity contribution in [2.75, 3.05) is 6.54 Å². The number of allylic oxidation sites excluding steroid dienone is 1. The van der Waals surface area contributed by atoms with Crippen molar-refractivity contribution in [3.63, 3.8) is 0 Å². The molecule has 3 aliphatic rings. The van der Waals surface area contributed by atoms with Crippen LogP contribution in [0.3, 0.4) is 0 Å². The van der Waals surface area contributed by atoms with Crippen molar-refractivity contribution in [1.29, 1.82) is 0 Å². The second-order valence-corrected chi connectivity index (χ2v) is 8.75. The van der Waals surface area contributed by atoms with Gasteiger partial charge in [-0.15, -0.1) is 11.3 Å². The van der Waals surface area contributed by atoms with Crippen LogP contribution in [0.25, 0.3) is 0 Å². The Morgan fingerprint density at radius 3 is 2.92 bits per heavy atom. The Labute approximate surface area is 149 Å². The van der Waals surface area contributed by atoms with Gasteiger partial charge in [0, 0.05) is 17.8 Å². The molecular weight excluding hydrogens is 314 g/mol. The fourth-order valence-electron chi connectivity index (χ4n) is 5.28. The molecule has 0 N–H and O–H groups in total. The highest BCUT2D eigenvalue weighted by Crippen LogP contribution is 2.43. The number of hydrogen-bond donors (Lipinski definition) is 0. The maximum atomic E-state index is 12.9. The van der Waals surface area contributed by atoms with Crippen molar-refractivity contribution in [2.45, 2.75) is 82.7 Å². The van der Waals surface area contributed by atoms with Crippen molar-refractivity contribution in [1.82, 2.24) is 4.90 Å². The predicted octanol–water partition coefficient (Wildman–Crippen LogP) is 5.44. The Morgan fingerprint density at radius 2 is 2.12 bits per heavy atom. The number of hydrogen-bond acceptors (Lipinski definition) is 3. The topological polar surface area (TPSA) is 20.3 Å². The summed E-state index contributed by atoms with van der Waals surface area (Å²) in [5, 5.41) is 2.38. The number of likely N-dealkylation sites (tertiary alicyclic amines) is 1. The van der Waals surface area contributed by atoms with E-state index in [-0.39, 0.29) is 5.54 Å². The molecule has 0 amide bonds. The molecule has 1 saturated carbocycles. The number of carbonyl (C=O) groups excluding carboxylic acids is 1. The molecule has 2 nitrogen and oxygen atoms in total. The van der Waals surface area contributed by atoms with Crippen molar-refractivity contribution in [3.05, 3.63) is 33.5 Å². The first-order valence-corrected chi connectivity index (χ1v) is 10.7. The number of nitrogens with zero attached hydrogens (tertiary/aromatic N) is 1. The van der Waals surface area contributed by atoms with Gasteiger partial charge in [-0.2, -0.15) is 0 Å². The number of Topliss-reactive ketones (excluding diaryl/α,β-unsaturated/α-hetero) is 1. The molecular formula is C21H29NOS. The van der Waals surface area contributed by atoms with E-state index in [0.717, 1.165) is 51.1 Å². The van der Waals surface area contributed by atoms with E-state index in [1.54, 1.807) is 5.56 Å². The summed E-state index contributed by atoms with van der Waals surface area (Å²) in [6, 6.07) is 2.44. The molecule has 0 aromatic carbocycles. The maximum Gasteiger partial charge on any atom is 0.157 e. The number of ketones is 1. The molecule has 3 heteroatoms. The van der Waals surface area contributed by atoms with Crippen LogP contribution in [0.1, 0.15) is 81.1 Å². The fraction of sp³-hybridized carbons (Fsp3) is 0.667. The molecule has 2 fully saturated rings. The summed E-state index contributed by atoms with van der Waals surface area (Å²) in [6.07, 6.45) is 12.8. The molecule has 1 saturated heterocycles. The van der Waals surface area contributed by atoms with Crippen LogP contribution >= 0.6 is 11.3 Å². The minimum Gasteiger partial charge on any atom is -0.297 e. The van der Waals surface area contributed by atoms with Crippen LogP contribution in [0.4, 0.5) is 0 Å². The second kappa shape index (κ2) is 6.76. The Bertz CT molecular complexity index is 640. The lowest BCUT2D eigenvalue weighted by Crippen LogP contribution is -2.52. The first-order chi connectivity index (χ1) is 11.7. The van der Waals surface area contributed by atoms with Gasteiger partial charge in [0.15, 0.2) is 5.78 Å². The smallest absolute Gasteiger partial charge is 0.157 e. The molecule has 24 heavy (non-hydrogen) atoms. The Morgan fingerprint density at radius 1 is 1.29 bits per heavy atom. The van der Waals surface area contributed by atoms with E-state index in [1.807, 2.05) is 11.3 Å². The zero-order valence-electron chi connectivity index (χ0n) is 14.9. The van der Waals surface area contributed by atoms with E-state index >= 15 is 0 Å². The molecule has 2 heterocycles. The van der Waals surface area contributed by atoms with Crippen molar-refractivity contribution in [2.24, 2.45) is 0 Å². The zero-order chi connectivity index (χ0) is 16.6. The van der Waals surface area contributed by atoms with Crippen LogP contribution in [0, 0.1) is 0 Å². The van der Waals surface area contributed by atoms with Crippen LogP contribution in [0.5, 0.6) is 0 Å². The average molecular weight is 344 g/mol. The third-order valence-electron chi connectivity index (χ3n) is 6.49. The summed E-state index contributed by atoms with van der Waals surface area (Å²) in [7, 11) is 0. The minimum atomic E-state index is -0.259. The highest BCUT2D eigenvalue weighted by molar-refractivity contribution is 7.10. The highest BCUT2D eigenvalue weighted by Gasteiger charge is 2.49. The number of rotatable bonds is 4. The third-order valence-corrected chi connectivity index (χ3v) is 7.43. The summed E-state index contributed by atoms with van der Waals surface area (Å²) < 4.78 is 0. The van der Waals surface area contributed by atoms with Gasteiger partial charge in [0.25, 0.3) is 0 Å². The van der Waals surface area contributed by atoms with E-state index in [2.05, 4.69) is 29.3 Å². The summed E-state index contributed by atoms with van der Waals surface area (Å²) in [5.41, 5.74) is 2.69. The second-order valence-electron chi connectivity index (χ2n) is 7.76. The highest BCUT2D eigenvalue weighted by atomic mass is 32.1. The van der Waals surface area contributed by atoms with Gasteiger partial charge >= 0.3 is 0 Å². The molecule has 0 radical (unpaired) electrons. The minimum absolute atomic E-state index is 0.259. The number of carbonyl (C=O) groups is 1. The maximum absolute atomic E-state index is 12.9. The molecule has 1 aromatic heterocycles. The molecule has 1 atom stereocenters. The summed E-state index contributed by atoms with van der Waals surface area (Å²) in [5.74, 6) is 1.27. The molecule has 130 valence electrons. The lowest BCUT2D eigenvalue weighted by molar-refractivity contribution is -0.128. The molecule has 1 unspecified atom stereocenters. The molecule has 1 aromatic rings. The van der Waals surface area contributed by atoms with E-state index in [4.69, 9.17) is 0 Å². The fourth-order valence-corrected chi connectivity index (χ4v) is 6.26. The van der Waals surface area contributed by atoms with Gasteiger partial charge in [-0.05, 0) is 73.6 Å². The van der Waals surface area contributed by atoms with Crippen LogP contribution in [0.15, 0.2) is 23.1 Å². The molecule has 2 aliphatic carbocycles. The standard InChI is InChI=1S/C21H29NOS/c1-2-18-9-5-10-20(23)21(18)11-6-12-22(21)14-19-13-17(15-24-19)16-7-3-4-8-16/h9,13,15-16H,2-8,10-12,14H2,1H3. The summed E-state index contributed by atoms with van der Waals surface area (Å²) in [6.45, 7) is 4.24. The van der Waals surface area contributed by atoms with Crippen molar-refractivity contribution < 1.29 is 4.79 Å². The van der Waals surface area contributed by atoms with E-state index in [0.29, 0.717) is 5.78 Å². The normalized spacial score (nSPS) is 28.9. The van der Waals surface area contributed by atoms with E-state index in [1.165, 1.54) is 36.1 Å².